The number of anilines is 1. The maximum absolute atomic E-state index is 13.0. The van der Waals surface area contributed by atoms with E-state index in [9.17, 15) is 14.4 Å². The minimum Gasteiger partial charge on any atom is -0.325 e. The van der Waals surface area contributed by atoms with E-state index in [1.807, 2.05) is 19.1 Å². The van der Waals surface area contributed by atoms with E-state index in [4.69, 9.17) is 16.9 Å². The Kier molecular flexibility index (Phi) is 8.68. The van der Waals surface area contributed by atoms with Crippen LogP contribution in [0.3, 0.4) is 0 Å². The molecule has 4 rings (SSSR count). The Hall–Kier alpha value is -4.17. The number of nitrogens with one attached hydrogen (secondary N) is 2. The Morgan fingerprint density at radius 3 is 2.59 bits per heavy atom. The van der Waals surface area contributed by atoms with Crippen molar-refractivity contribution in [3.8, 4) is 17.5 Å². The number of imidazole rings is 2. The molecule has 1 amide bonds. The van der Waals surface area contributed by atoms with E-state index < -0.39 is 29.7 Å². The quantitative estimate of drug-likeness (QED) is 0.394. The van der Waals surface area contributed by atoms with Gasteiger partial charge in [0.1, 0.15) is 24.2 Å². The van der Waals surface area contributed by atoms with Crippen LogP contribution in [0, 0.1) is 11.3 Å². The minimum absolute atomic E-state index is 0.0542. The molecule has 11 nitrogen and oxygen atoms in total. The fraction of sp³-hybridized carbons (Fsp3) is 0.360. The third kappa shape index (κ3) is 5.49. The number of amides is 1. The first-order chi connectivity index (χ1) is 17.7. The Labute approximate surface area is 218 Å². The Morgan fingerprint density at radius 2 is 1.95 bits per heavy atom. The van der Waals surface area contributed by atoms with Crippen molar-refractivity contribution >= 4 is 34.5 Å². The lowest BCUT2D eigenvalue weighted by molar-refractivity contribution is -0.118. The maximum atomic E-state index is 13.0. The van der Waals surface area contributed by atoms with Crippen LogP contribution in [0.2, 0.25) is 5.02 Å². The van der Waals surface area contributed by atoms with Gasteiger partial charge in [-0.1, -0.05) is 38.8 Å². The third-order valence-electron chi connectivity index (χ3n) is 5.62. The molecule has 0 saturated carbocycles. The lowest BCUT2D eigenvalue weighted by Crippen LogP contribution is -2.40. The summed E-state index contributed by atoms with van der Waals surface area (Å²) in [6.45, 7) is 7.45. The van der Waals surface area contributed by atoms with Crippen LogP contribution in [0.25, 0.3) is 22.6 Å². The van der Waals surface area contributed by atoms with Crippen LogP contribution in [0.1, 0.15) is 45.7 Å². The van der Waals surface area contributed by atoms with Gasteiger partial charge in [0.15, 0.2) is 11.2 Å². The second-order valence-electron chi connectivity index (χ2n) is 8.39. The first-order valence-electron chi connectivity index (χ1n) is 11.9. The van der Waals surface area contributed by atoms with Crippen LogP contribution in [0.5, 0.6) is 0 Å². The summed E-state index contributed by atoms with van der Waals surface area (Å²) in [6, 6.07) is 6.53. The second kappa shape index (κ2) is 11.7. The van der Waals surface area contributed by atoms with Gasteiger partial charge in [-0.05, 0) is 37.1 Å². The highest BCUT2D eigenvalue weighted by Gasteiger charge is 2.23. The summed E-state index contributed by atoms with van der Waals surface area (Å²) in [5, 5.41) is 12.4. The number of carbonyl (C=O) groups is 1. The van der Waals surface area contributed by atoms with Gasteiger partial charge in [-0.25, -0.2) is 19.3 Å². The van der Waals surface area contributed by atoms with Crippen LogP contribution >= 0.6 is 11.6 Å². The molecule has 0 saturated heterocycles. The number of nitrogens with zero attached hydrogens (tertiary/aromatic N) is 6. The molecule has 0 aliphatic rings. The van der Waals surface area contributed by atoms with Gasteiger partial charge in [0.2, 0.25) is 5.91 Å². The van der Waals surface area contributed by atoms with Gasteiger partial charge in [-0.15, -0.1) is 0 Å². The number of hydrogen-bond acceptors (Lipinski definition) is 6. The number of hydrogen-bond donors (Lipinski definition) is 2. The smallest absolute Gasteiger partial charge is 0.325 e. The van der Waals surface area contributed by atoms with E-state index in [-0.39, 0.29) is 11.2 Å². The second-order valence-corrected chi connectivity index (χ2v) is 8.80. The largest absolute Gasteiger partial charge is 0.333 e. The molecule has 0 radical (unpaired) electrons. The highest BCUT2D eigenvalue weighted by Crippen LogP contribution is 2.25. The summed E-state index contributed by atoms with van der Waals surface area (Å²) < 4.78 is 3.36. The SMILES string of the molecule is CCC.CCc1cc(-c2ncc(NC(=O)C(C)n3cnc4c3c(=O)n(CC#N)c(=O)n4C)[nH]2)ccc1Cl. The van der Waals surface area contributed by atoms with Gasteiger partial charge in [-0.3, -0.25) is 14.2 Å². The zero-order valence-electron chi connectivity index (χ0n) is 21.4. The topological polar surface area (TPSA) is 143 Å². The highest BCUT2D eigenvalue weighted by molar-refractivity contribution is 6.31. The third-order valence-corrected chi connectivity index (χ3v) is 5.99. The van der Waals surface area contributed by atoms with Gasteiger partial charge in [-0.2, -0.15) is 5.26 Å². The number of fused-ring (bicyclic) bond motifs is 1. The number of benzene rings is 1. The predicted molar refractivity (Wildman–Crippen MR) is 143 cm³/mol. The van der Waals surface area contributed by atoms with Crippen molar-refractivity contribution in [2.24, 2.45) is 7.05 Å². The van der Waals surface area contributed by atoms with Gasteiger partial charge in [0.25, 0.3) is 5.56 Å². The molecular weight excluding hydrogens is 496 g/mol. The standard InChI is InChI=1S/C22H21ClN8O3.C3H8/c1-4-13-9-14(5-6-15(13)23)18-25-10-16(27-18)28-20(32)12(2)31-11-26-19-17(31)21(33)30(8-7-24)22(34)29(19)3;1-3-2/h5-6,9-12H,4,8H2,1-3H3,(H,25,27)(H,28,32);3H2,1-2H3. The highest BCUT2D eigenvalue weighted by atomic mass is 35.5. The van der Waals surface area contributed by atoms with E-state index in [1.54, 1.807) is 19.1 Å². The van der Waals surface area contributed by atoms with E-state index >= 15 is 0 Å². The molecule has 1 aromatic carbocycles. The molecule has 2 N–H and O–H groups in total. The molecule has 3 aromatic heterocycles. The zero-order valence-corrected chi connectivity index (χ0v) is 22.1. The normalized spacial score (nSPS) is 11.5. The Morgan fingerprint density at radius 1 is 1.24 bits per heavy atom. The van der Waals surface area contributed by atoms with Gasteiger partial charge >= 0.3 is 5.69 Å². The fourth-order valence-corrected chi connectivity index (χ4v) is 3.93. The molecule has 37 heavy (non-hydrogen) atoms. The van der Waals surface area contributed by atoms with Crippen LogP contribution < -0.4 is 16.6 Å². The number of halogens is 1. The molecule has 1 unspecified atom stereocenters. The predicted octanol–water partition coefficient (Wildman–Crippen LogP) is 3.64. The van der Waals surface area contributed by atoms with Crippen LogP contribution in [0.15, 0.2) is 40.3 Å². The van der Waals surface area contributed by atoms with E-state index in [2.05, 4.69) is 34.1 Å². The van der Waals surface area contributed by atoms with Crippen LogP contribution in [0.4, 0.5) is 5.82 Å². The average Bonchev–Trinajstić information content (AvgIpc) is 3.53. The van der Waals surface area contributed by atoms with E-state index in [0.717, 1.165) is 22.1 Å². The first kappa shape index (κ1) is 27.4. The van der Waals surface area contributed by atoms with Crippen LogP contribution in [-0.4, -0.2) is 34.6 Å². The molecular formula is C25H29ClN8O3. The van der Waals surface area contributed by atoms with E-state index in [1.165, 1.54) is 35.1 Å². The Balaban J connectivity index is 0.00000121. The molecule has 3 heterocycles. The molecule has 0 aliphatic heterocycles. The van der Waals surface area contributed by atoms with Crippen molar-refractivity contribution in [1.82, 2.24) is 28.7 Å². The summed E-state index contributed by atoms with van der Waals surface area (Å²) >= 11 is 6.19. The summed E-state index contributed by atoms with van der Waals surface area (Å²) in [6.07, 6.45) is 4.84. The Bertz CT molecular complexity index is 1590. The average molecular weight is 525 g/mol. The summed E-state index contributed by atoms with van der Waals surface area (Å²) in [7, 11) is 1.45. The number of aromatic nitrogens is 6. The molecule has 0 fully saturated rings. The van der Waals surface area contributed by atoms with Crippen molar-refractivity contribution in [3.05, 3.63) is 62.1 Å². The molecule has 4 aromatic rings. The maximum Gasteiger partial charge on any atom is 0.333 e. The summed E-state index contributed by atoms with van der Waals surface area (Å²) in [4.78, 5) is 49.7. The van der Waals surface area contributed by atoms with Crippen LogP contribution in [-0.2, 0) is 24.8 Å². The lowest BCUT2D eigenvalue weighted by atomic mass is 10.1. The number of rotatable bonds is 6. The van der Waals surface area contributed by atoms with Gasteiger partial charge in [0, 0.05) is 17.6 Å². The molecule has 0 aliphatic carbocycles. The van der Waals surface area contributed by atoms with Crippen molar-refractivity contribution in [3.63, 3.8) is 0 Å². The van der Waals surface area contributed by atoms with Crippen molar-refractivity contribution in [2.75, 3.05) is 5.32 Å². The molecule has 0 spiro atoms. The minimum atomic E-state index is -0.847. The number of carbonyl (C=O) groups excluding carboxylic acids is 1. The molecule has 194 valence electrons. The fourth-order valence-electron chi connectivity index (χ4n) is 3.68. The van der Waals surface area contributed by atoms with Crippen molar-refractivity contribution in [1.29, 1.82) is 5.26 Å². The first-order valence-corrected chi connectivity index (χ1v) is 12.2. The van der Waals surface area contributed by atoms with Gasteiger partial charge < -0.3 is 14.9 Å². The van der Waals surface area contributed by atoms with E-state index in [0.29, 0.717) is 16.7 Å². The molecule has 12 heteroatoms. The molecule has 0 bridgehead atoms. The summed E-state index contributed by atoms with van der Waals surface area (Å²) in [5.74, 6) is 0.510. The number of aromatic amines is 1. The zero-order chi connectivity index (χ0) is 27.3. The monoisotopic (exact) mass is 524 g/mol. The number of aryl methyl sites for hydroxylation is 2. The van der Waals surface area contributed by atoms with Crippen molar-refractivity contribution < 1.29 is 4.79 Å². The lowest BCUT2D eigenvalue weighted by Gasteiger charge is -2.14. The van der Waals surface area contributed by atoms with Gasteiger partial charge in [0.05, 0.1) is 18.6 Å². The molecule has 1 atom stereocenters. The number of H-pyrrole nitrogens is 1. The number of nitriles is 1. The van der Waals surface area contributed by atoms with Crippen molar-refractivity contribution in [2.45, 2.75) is 53.1 Å². The summed E-state index contributed by atoms with van der Waals surface area (Å²) in [5.41, 5.74) is 0.656.